The number of benzene rings is 1. The van der Waals surface area contributed by atoms with E-state index in [-0.39, 0.29) is 0 Å². The Morgan fingerprint density at radius 2 is 1.35 bits per heavy atom. The first-order chi connectivity index (χ1) is 7.90. The molecule has 0 bridgehead atoms. The highest BCUT2D eigenvalue weighted by Gasteiger charge is 2.37. The minimum absolute atomic E-state index is 0.330. The van der Waals surface area contributed by atoms with E-state index in [1.54, 1.807) is 11.1 Å². The molecule has 0 heterocycles. The largest absolute Gasteiger partial charge is 0.0755 e. The molecule has 0 atom stereocenters. The summed E-state index contributed by atoms with van der Waals surface area (Å²) in [5.41, 5.74) is 6.58. The molecule has 0 saturated carbocycles. The van der Waals surface area contributed by atoms with E-state index in [4.69, 9.17) is 0 Å². The van der Waals surface area contributed by atoms with E-state index in [2.05, 4.69) is 58.4 Å². The predicted molar refractivity (Wildman–Crippen MR) is 74.2 cm³/mol. The van der Waals surface area contributed by atoms with Crippen molar-refractivity contribution in [2.24, 2.45) is 0 Å². The molecule has 0 aromatic heterocycles. The van der Waals surface area contributed by atoms with Crippen LogP contribution in [-0.4, -0.2) is 0 Å². The Hall–Kier alpha value is -1.04. The van der Waals surface area contributed by atoms with Crippen molar-refractivity contribution in [1.82, 2.24) is 0 Å². The molecule has 0 saturated heterocycles. The van der Waals surface area contributed by atoms with Gasteiger partial charge < -0.3 is 0 Å². The standard InChI is InChI=1S/C17H21/c1-16(2)8-9-17(3,4)15-11-13-7-5-6-12(13)10-14(15)16/h5-7,10-11H,8-9H2,1-4H3. The van der Waals surface area contributed by atoms with Gasteiger partial charge in [-0.15, -0.1) is 0 Å². The third-order valence-corrected chi connectivity index (χ3v) is 4.61. The quantitative estimate of drug-likeness (QED) is 0.604. The summed E-state index contributed by atoms with van der Waals surface area (Å²) in [4.78, 5) is 0. The van der Waals surface area contributed by atoms with Gasteiger partial charge in [0.15, 0.2) is 0 Å². The molecular weight excluding hydrogens is 204 g/mol. The van der Waals surface area contributed by atoms with Crippen LogP contribution in [0.5, 0.6) is 0 Å². The van der Waals surface area contributed by atoms with Gasteiger partial charge in [-0.3, -0.25) is 0 Å². The van der Waals surface area contributed by atoms with E-state index in [9.17, 15) is 0 Å². The van der Waals surface area contributed by atoms with Crippen LogP contribution in [0.2, 0.25) is 0 Å². The maximum absolute atomic E-state index is 2.42. The summed E-state index contributed by atoms with van der Waals surface area (Å²) in [5.74, 6) is 0. The molecular formula is C17H21. The van der Waals surface area contributed by atoms with Crippen LogP contribution in [0.3, 0.4) is 0 Å². The van der Waals surface area contributed by atoms with E-state index in [1.807, 2.05) is 0 Å². The summed E-state index contributed by atoms with van der Waals surface area (Å²) in [6.45, 7) is 9.54. The van der Waals surface area contributed by atoms with Gasteiger partial charge in [0.25, 0.3) is 0 Å². The first-order valence-electron chi connectivity index (χ1n) is 6.61. The maximum Gasteiger partial charge on any atom is 0.0131 e. The Balaban J connectivity index is 2.26. The lowest BCUT2D eigenvalue weighted by molar-refractivity contribution is 0.331. The van der Waals surface area contributed by atoms with E-state index in [1.165, 1.54) is 24.0 Å². The lowest BCUT2D eigenvalue weighted by Gasteiger charge is -2.42. The molecule has 1 aromatic rings. The van der Waals surface area contributed by atoms with Gasteiger partial charge in [0, 0.05) is 6.42 Å². The highest BCUT2D eigenvalue weighted by Crippen LogP contribution is 2.47. The van der Waals surface area contributed by atoms with Gasteiger partial charge in [-0.1, -0.05) is 52.0 Å². The Labute approximate surface area is 105 Å². The molecule has 2 aliphatic carbocycles. The summed E-state index contributed by atoms with van der Waals surface area (Å²) in [7, 11) is 0. The normalized spacial score (nSPS) is 23.3. The first kappa shape index (κ1) is 11.1. The number of fused-ring (bicyclic) bond motifs is 2. The van der Waals surface area contributed by atoms with Gasteiger partial charge in [-0.05, 0) is 45.9 Å². The third-order valence-electron chi connectivity index (χ3n) is 4.61. The molecule has 3 rings (SSSR count). The molecule has 0 aliphatic heterocycles. The maximum atomic E-state index is 2.42. The lowest BCUT2D eigenvalue weighted by Crippen LogP contribution is -2.34. The SMILES string of the molecule is CC1(C)CCC(C)(C)c2cc3c(cc21)[CH]C=C3. The Morgan fingerprint density at radius 3 is 1.94 bits per heavy atom. The molecule has 17 heavy (non-hydrogen) atoms. The Morgan fingerprint density at radius 1 is 0.824 bits per heavy atom. The van der Waals surface area contributed by atoms with Crippen LogP contribution >= 0.6 is 0 Å². The first-order valence-corrected chi connectivity index (χ1v) is 6.61. The average Bonchev–Trinajstić information content (AvgIpc) is 2.70. The predicted octanol–water partition coefficient (Wildman–Crippen LogP) is 4.61. The fraction of sp³-hybridized carbons (Fsp3) is 0.471. The lowest BCUT2D eigenvalue weighted by atomic mass is 9.62. The monoisotopic (exact) mass is 225 g/mol. The minimum atomic E-state index is 0.330. The van der Waals surface area contributed by atoms with E-state index >= 15 is 0 Å². The van der Waals surface area contributed by atoms with Crippen LogP contribution < -0.4 is 0 Å². The molecule has 0 fully saturated rings. The molecule has 0 spiro atoms. The van der Waals surface area contributed by atoms with Gasteiger partial charge in [-0.25, -0.2) is 0 Å². The van der Waals surface area contributed by atoms with Gasteiger partial charge in [-0.2, -0.15) is 0 Å². The van der Waals surface area contributed by atoms with Crippen molar-refractivity contribution >= 4 is 6.08 Å². The summed E-state index contributed by atoms with van der Waals surface area (Å²) in [5, 5.41) is 0. The van der Waals surface area contributed by atoms with Crippen LogP contribution in [-0.2, 0) is 10.8 Å². The highest BCUT2D eigenvalue weighted by atomic mass is 14.4. The summed E-state index contributed by atoms with van der Waals surface area (Å²) in [6.07, 6.45) is 9.20. The van der Waals surface area contributed by atoms with Crippen molar-refractivity contribution in [2.45, 2.75) is 51.4 Å². The molecule has 0 nitrogen and oxygen atoms in total. The minimum Gasteiger partial charge on any atom is -0.0755 e. The number of rotatable bonds is 0. The molecule has 1 aromatic carbocycles. The summed E-state index contributed by atoms with van der Waals surface area (Å²) >= 11 is 0. The second kappa shape index (κ2) is 3.25. The molecule has 89 valence electrons. The number of allylic oxidation sites excluding steroid dienone is 1. The topological polar surface area (TPSA) is 0 Å². The third kappa shape index (κ3) is 1.57. The Kier molecular flexibility index (Phi) is 2.12. The van der Waals surface area contributed by atoms with E-state index in [0.29, 0.717) is 10.8 Å². The van der Waals surface area contributed by atoms with Crippen LogP contribution in [0.25, 0.3) is 6.08 Å². The van der Waals surface area contributed by atoms with Crippen molar-refractivity contribution in [3.63, 3.8) is 0 Å². The van der Waals surface area contributed by atoms with Crippen molar-refractivity contribution in [3.05, 3.63) is 46.9 Å². The second-order valence-electron chi connectivity index (χ2n) is 6.82. The van der Waals surface area contributed by atoms with Crippen LogP contribution in [0, 0.1) is 6.42 Å². The van der Waals surface area contributed by atoms with Crippen molar-refractivity contribution in [3.8, 4) is 0 Å². The van der Waals surface area contributed by atoms with Crippen molar-refractivity contribution in [2.75, 3.05) is 0 Å². The van der Waals surface area contributed by atoms with Gasteiger partial charge in [0.1, 0.15) is 0 Å². The second-order valence-corrected chi connectivity index (χ2v) is 6.82. The van der Waals surface area contributed by atoms with Crippen LogP contribution in [0.1, 0.15) is 62.8 Å². The van der Waals surface area contributed by atoms with E-state index in [0.717, 1.165) is 0 Å². The molecule has 0 amide bonds. The van der Waals surface area contributed by atoms with Crippen LogP contribution in [0.15, 0.2) is 18.2 Å². The number of hydrogen-bond acceptors (Lipinski definition) is 0. The van der Waals surface area contributed by atoms with E-state index < -0.39 is 0 Å². The molecule has 0 heteroatoms. The fourth-order valence-corrected chi connectivity index (χ4v) is 3.19. The Bertz CT molecular complexity index is 501. The zero-order valence-electron chi connectivity index (χ0n) is 11.3. The molecule has 0 unspecified atom stereocenters. The van der Waals surface area contributed by atoms with Gasteiger partial charge in [0.2, 0.25) is 0 Å². The van der Waals surface area contributed by atoms with Crippen molar-refractivity contribution in [1.29, 1.82) is 0 Å². The summed E-state index contributed by atoms with van der Waals surface area (Å²) < 4.78 is 0. The molecule has 2 aliphatic rings. The van der Waals surface area contributed by atoms with Gasteiger partial charge in [0.05, 0.1) is 0 Å². The number of hydrogen-bond donors (Lipinski definition) is 0. The van der Waals surface area contributed by atoms with Crippen LogP contribution in [0.4, 0.5) is 0 Å². The van der Waals surface area contributed by atoms with Crippen molar-refractivity contribution < 1.29 is 0 Å². The smallest absolute Gasteiger partial charge is 0.0131 e. The highest BCUT2D eigenvalue weighted by molar-refractivity contribution is 5.68. The zero-order valence-corrected chi connectivity index (χ0v) is 11.3. The average molecular weight is 225 g/mol. The fourth-order valence-electron chi connectivity index (χ4n) is 3.19. The molecule has 1 radical (unpaired) electrons. The van der Waals surface area contributed by atoms with Gasteiger partial charge >= 0.3 is 0 Å². The molecule has 0 N–H and O–H groups in total. The summed E-state index contributed by atoms with van der Waals surface area (Å²) in [6, 6.07) is 4.84. The zero-order chi connectivity index (χ0) is 12.3.